The molecule has 24 heavy (non-hydrogen) atoms. The number of benzene rings is 1. The van der Waals surface area contributed by atoms with Gasteiger partial charge in [0.05, 0.1) is 31.5 Å². The summed E-state index contributed by atoms with van der Waals surface area (Å²) in [7, 11) is 0. The zero-order chi connectivity index (χ0) is 16.4. The Morgan fingerprint density at radius 2 is 2.04 bits per heavy atom. The van der Waals surface area contributed by atoms with Gasteiger partial charge in [-0.2, -0.15) is 0 Å². The molecule has 0 spiro atoms. The van der Waals surface area contributed by atoms with Crippen LogP contribution in [-0.4, -0.2) is 51.1 Å². The highest BCUT2D eigenvalue weighted by Gasteiger charge is 2.37. The van der Waals surface area contributed by atoms with Crippen molar-refractivity contribution in [3.63, 3.8) is 0 Å². The van der Waals surface area contributed by atoms with Crippen LogP contribution < -0.4 is 0 Å². The van der Waals surface area contributed by atoms with Gasteiger partial charge in [0.15, 0.2) is 5.69 Å². The number of amides is 1. The molecule has 6 heteroatoms. The number of carbonyl (C=O) groups is 1. The van der Waals surface area contributed by atoms with Crippen LogP contribution in [0, 0.1) is 0 Å². The Bertz CT molecular complexity index is 698. The molecule has 0 unspecified atom stereocenters. The Labute approximate surface area is 141 Å². The predicted molar refractivity (Wildman–Crippen MR) is 88.6 cm³/mol. The van der Waals surface area contributed by atoms with E-state index in [9.17, 15) is 4.79 Å². The van der Waals surface area contributed by atoms with Crippen LogP contribution in [0.15, 0.2) is 36.5 Å². The number of nitrogens with zero attached hydrogens (tertiary/aromatic N) is 4. The maximum Gasteiger partial charge on any atom is 0.276 e. The first-order chi connectivity index (χ1) is 11.8. The quantitative estimate of drug-likeness (QED) is 0.867. The van der Waals surface area contributed by atoms with Crippen LogP contribution in [0.2, 0.25) is 0 Å². The Morgan fingerprint density at radius 3 is 2.92 bits per heavy atom. The van der Waals surface area contributed by atoms with E-state index in [-0.39, 0.29) is 18.1 Å². The summed E-state index contributed by atoms with van der Waals surface area (Å²) in [4.78, 5) is 14.8. The SMILES string of the molecule is O=C(c1cn(Cc2ccccc2)nn1)N1CCO[C@H]2CCCC[C@@H]21. The highest BCUT2D eigenvalue weighted by molar-refractivity contribution is 5.92. The van der Waals surface area contributed by atoms with Gasteiger partial charge < -0.3 is 9.64 Å². The lowest BCUT2D eigenvalue weighted by atomic mass is 9.90. The number of fused-ring (bicyclic) bond motifs is 1. The lowest BCUT2D eigenvalue weighted by molar-refractivity contribution is -0.0754. The van der Waals surface area contributed by atoms with Crippen molar-refractivity contribution in [2.75, 3.05) is 13.2 Å². The molecule has 2 fully saturated rings. The standard InChI is InChI=1S/C18H22N4O2/c23-18(22-10-11-24-17-9-5-4-8-16(17)22)15-13-21(20-19-15)12-14-6-2-1-3-7-14/h1-3,6-7,13,16-17H,4-5,8-12H2/t16-,17-/m0/s1. The minimum Gasteiger partial charge on any atom is -0.374 e. The second-order valence-corrected chi connectivity index (χ2v) is 6.55. The molecule has 1 aliphatic heterocycles. The molecule has 1 amide bonds. The molecule has 2 atom stereocenters. The van der Waals surface area contributed by atoms with Crippen molar-refractivity contribution in [3.8, 4) is 0 Å². The number of aromatic nitrogens is 3. The highest BCUT2D eigenvalue weighted by atomic mass is 16.5. The minimum atomic E-state index is -0.0190. The second-order valence-electron chi connectivity index (χ2n) is 6.55. The van der Waals surface area contributed by atoms with Gasteiger partial charge in [0.2, 0.25) is 0 Å². The van der Waals surface area contributed by atoms with Gasteiger partial charge in [0.1, 0.15) is 0 Å². The summed E-state index contributed by atoms with van der Waals surface area (Å²) in [5.41, 5.74) is 1.57. The van der Waals surface area contributed by atoms with Gasteiger partial charge in [0, 0.05) is 6.54 Å². The van der Waals surface area contributed by atoms with E-state index in [0.29, 0.717) is 25.4 Å². The van der Waals surface area contributed by atoms with Crippen LogP contribution in [0.4, 0.5) is 0 Å². The van der Waals surface area contributed by atoms with Gasteiger partial charge in [0.25, 0.3) is 5.91 Å². The Hall–Kier alpha value is -2.21. The van der Waals surface area contributed by atoms with Crippen molar-refractivity contribution in [2.45, 2.75) is 44.4 Å². The number of ether oxygens (including phenoxy) is 1. The number of morpholine rings is 1. The molecule has 4 rings (SSSR count). The molecule has 0 bridgehead atoms. The van der Waals surface area contributed by atoms with Crippen molar-refractivity contribution in [1.29, 1.82) is 0 Å². The predicted octanol–water partition coefficient (Wildman–Crippen LogP) is 2.11. The number of hydrogen-bond acceptors (Lipinski definition) is 4. The van der Waals surface area contributed by atoms with Crippen molar-refractivity contribution in [1.82, 2.24) is 19.9 Å². The van der Waals surface area contributed by atoms with E-state index in [1.807, 2.05) is 35.2 Å². The average molecular weight is 326 g/mol. The zero-order valence-corrected chi connectivity index (χ0v) is 13.7. The van der Waals surface area contributed by atoms with Gasteiger partial charge in [-0.15, -0.1) is 5.10 Å². The van der Waals surface area contributed by atoms with Crippen molar-refractivity contribution < 1.29 is 9.53 Å². The maximum absolute atomic E-state index is 12.9. The fourth-order valence-corrected chi connectivity index (χ4v) is 3.74. The molecular weight excluding hydrogens is 304 g/mol. The highest BCUT2D eigenvalue weighted by Crippen LogP contribution is 2.29. The average Bonchev–Trinajstić information content (AvgIpc) is 3.10. The minimum absolute atomic E-state index is 0.0190. The molecule has 1 saturated carbocycles. The molecule has 6 nitrogen and oxygen atoms in total. The molecule has 1 aromatic heterocycles. The summed E-state index contributed by atoms with van der Waals surface area (Å²) >= 11 is 0. The summed E-state index contributed by atoms with van der Waals surface area (Å²) in [5, 5.41) is 8.23. The topological polar surface area (TPSA) is 60.2 Å². The third-order valence-electron chi connectivity index (χ3n) is 4.94. The van der Waals surface area contributed by atoms with Crippen LogP contribution in [0.3, 0.4) is 0 Å². The lowest BCUT2D eigenvalue weighted by Crippen LogP contribution is -2.54. The molecule has 0 radical (unpaired) electrons. The molecule has 2 heterocycles. The van der Waals surface area contributed by atoms with Crippen LogP contribution in [-0.2, 0) is 11.3 Å². The molecular formula is C18H22N4O2. The number of rotatable bonds is 3. The van der Waals surface area contributed by atoms with Crippen molar-refractivity contribution in [3.05, 3.63) is 47.8 Å². The first-order valence-electron chi connectivity index (χ1n) is 8.68. The molecule has 0 N–H and O–H groups in total. The Balaban J connectivity index is 1.48. The van der Waals surface area contributed by atoms with E-state index < -0.39 is 0 Å². The third-order valence-corrected chi connectivity index (χ3v) is 4.94. The summed E-state index contributed by atoms with van der Waals surface area (Å²) in [5.74, 6) is -0.0190. The zero-order valence-electron chi connectivity index (χ0n) is 13.7. The third kappa shape index (κ3) is 3.06. The van der Waals surface area contributed by atoms with Crippen LogP contribution in [0.1, 0.15) is 41.7 Å². The Morgan fingerprint density at radius 1 is 1.21 bits per heavy atom. The second kappa shape index (κ2) is 6.73. The van der Waals surface area contributed by atoms with E-state index in [2.05, 4.69) is 10.3 Å². The van der Waals surface area contributed by atoms with E-state index in [1.54, 1.807) is 10.9 Å². The Kier molecular flexibility index (Phi) is 4.30. The smallest absolute Gasteiger partial charge is 0.276 e. The summed E-state index contributed by atoms with van der Waals surface area (Å²) in [6.45, 7) is 1.88. The molecule has 1 aliphatic carbocycles. The lowest BCUT2D eigenvalue weighted by Gasteiger charge is -2.43. The molecule has 1 saturated heterocycles. The number of hydrogen-bond donors (Lipinski definition) is 0. The van der Waals surface area contributed by atoms with Gasteiger partial charge >= 0.3 is 0 Å². The van der Waals surface area contributed by atoms with Crippen LogP contribution >= 0.6 is 0 Å². The first-order valence-corrected chi connectivity index (χ1v) is 8.68. The van der Waals surface area contributed by atoms with E-state index in [4.69, 9.17) is 4.74 Å². The van der Waals surface area contributed by atoms with E-state index in [0.717, 1.165) is 24.8 Å². The van der Waals surface area contributed by atoms with Gasteiger partial charge in [-0.3, -0.25) is 4.79 Å². The van der Waals surface area contributed by atoms with Crippen LogP contribution in [0.5, 0.6) is 0 Å². The molecule has 1 aromatic carbocycles. The van der Waals surface area contributed by atoms with Gasteiger partial charge in [-0.05, 0) is 18.4 Å². The van der Waals surface area contributed by atoms with E-state index in [1.165, 1.54) is 6.42 Å². The fraction of sp³-hybridized carbons (Fsp3) is 0.500. The van der Waals surface area contributed by atoms with E-state index >= 15 is 0 Å². The van der Waals surface area contributed by atoms with Crippen molar-refractivity contribution in [2.24, 2.45) is 0 Å². The largest absolute Gasteiger partial charge is 0.374 e. The van der Waals surface area contributed by atoms with Gasteiger partial charge in [-0.1, -0.05) is 48.4 Å². The summed E-state index contributed by atoms with van der Waals surface area (Å²) < 4.78 is 7.57. The summed E-state index contributed by atoms with van der Waals surface area (Å²) in [6.07, 6.45) is 6.37. The number of carbonyl (C=O) groups excluding carboxylic acids is 1. The molecule has 2 aromatic rings. The molecule has 2 aliphatic rings. The van der Waals surface area contributed by atoms with Crippen LogP contribution in [0.25, 0.3) is 0 Å². The monoisotopic (exact) mass is 326 g/mol. The fourth-order valence-electron chi connectivity index (χ4n) is 3.74. The maximum atomic E-state index is 12.9. The van der Waals surface area contributed by atoms with Gasteiger partial charge in [-0.25, -0.2) is 4.68 Å². The first kappa shape index (κ1) is 15.3. The normalized spacial score (nSPS) is 23.8. The van der Waals surface area contributed by atoms with Crippen molar-refractivity contribution >= 4 is 5.91 Å². The molecule has 126 valence electrons. The summed E-state index contributed by atoms with van der Waals surface area (Å²) in [6, 6.07) is 10.2.